The highest BCUT2D eigenvalue weighted by molar-refractivity contribution is 5.43. The number of aromatic nitrogens is 2. The molecule has 2 rings (SSSR count). The van der Waals surface area contributed by atoms with Gasteiger partial charge in [0, 0.05) is 25.7 Å². The van der Waals surface area contributed by atoms with Gasteiger partial charge in [-0.3, -0.25) is 4.79 Å². The summed E-state index contributed by atoms with van der Waals surface area (Å²) >= 11 is 0. The Hall–Kier alpha value is -2.37. The minimum Gasteiger partial charge on any atom is -0.396 e. The Bertz CT molecular complexity index is 651. The molecule has 1 heterocycles. The highest BCUT2D eigenvalue weighted by atomic mass is 19.1. The van der Waals surface area contributed by atoms with Gasteiger partial charge in [-0.25, -0.2) is 9.07 Å². The predicted octanol–water partition coefficient (Wildman–Crippen LogP) is 1.08. The number of nitrogens with two attached hydrogens (primary N) is 1. The topological polar surface area (TPSA) is 64.2 Å². The normalized spacial score (nSPS) is 10.5. The van der Waals surface area contributed by atoms with Crippen molar-refractivity contribution in [3.63, 3.8) is 0 Å². The zero-order valence-corrected chi connectivity index (χ0v) is 10.8. The Morgan fingerprint density at radius 1 is 1.42 bits per heavy atom. The summed E-state index contributed by atoms with van der Waals surface area (Å²) in [5.74, 6) is -0.507. The molecule has 2 aromatic rings. The molecule has 0 amide bonds. The van der Waals surface area contributed by atoms with Crippen molar-refractivity contribution >= 4 is 11.4 Å². The van der Waals surface area contributed by atoms with Crippen LogP contribution in [0.3, 0.4) is 0 Å². The number of nitrogen functional groups attached to an aromatic ring is 1. The summed E-state index contributed by atoms with van der Waals surface area (Å²) in [7, 11) is 3.64. The van der Waals surface area contributed by atoms with Crippen LogP contribution in [0.25, 0.3) is 0 Å². The number of hydrogen-bond acceptors (Lipinski definition) is 4. The summed E-state index contributed by atoms with van der Waals surface area (Å²) in [6.07, 6.45) is 1.56. The maximum absolute atomic E-state index is 13.8. The van der Waals surface area contributed by atoms with Crippen LogP contribution in [-0.2, 0) is 6.54 Å². The number of halogens is 1. The molecule has 1 aromatic carbocycles. The summed E-state index contributed by atoms with van der Waals surface area (Å²) in [5, 5.41) is 4.02. The van der Waals surface area contributed by atoms with Crippen molar-refractivity contribution in [2.75, 3.05) is 24.7 Å². The molecule has 6 heteroatoms. The molecule has 1 aromatic heterocycles. The van der Waals surface area contributed by atoms with E-state index in [0.29, 0.717) is 11.3 Å². The van der Waals surface area contributed by atoms with Crippen molar-refractivity contribution < 1.29 is 4.39 Å². The molecule has 0 aliphatic rings. The largest absolute Gasteiger partial charge is 0.396 e. The quantitative estimate of drug-likeness (QED) is 0.841. The third kappa shape index (κ3) is 2.73. The van der Waals surface area contributed by atoms with Crippen LogP contribution in [-0.4, -0.2) is 23.9 Å². The van der Waals surface area contributed by atoms with Crippen LogP contribution in [0.1, 0.15) is 5.56 Å². The number of hydrogen-bond donors (Lipinski definition) is 1. The molecule has 0 saturated heterocycles. The smallest absolute Gasteiger partial charge is 0.269 e. The molecule has 0 atom stereocenters. The van der Waals surface area contributed by atoms with E-state index in [0.717, 1.165) is 0 Å². The van der Waals surface area contributed by atoms with Crippen LogP contribution in [0.4, 0.5) is 15.8 Å². The first kappa shape index (κ1) is 13.1. The van der Waals surface area contributed by atoms with Crippen LogP contribution in [0.15, 0.2) is 35.3 Å². The van der Waals surface area contributed by atoms with E-state index in [-0.39, 0.29) is 17.8 Å². The molecule has 5 nitrogen and oxygen atoms in total. The van der Waals surface area contributed by atoms with E-state index in [1.165, 1.54) is 16.8 Å². The standard InChI is InChI=1S/C13H15FN4O/c1-17(2)10-6-12(19)18(16-7-10)8-9-4-3-5-11(15)13(9)14/h3-7H,8,15H2,1-2H3. The molecule has 0 saturated carbocycles. The first-order chi connectivity index (χ1) is 8.99. The van der Waals surface area contributed by atoms with Gasteiger partial charge in [0.15, 0.2) is 5.82 Å². The lowest BCUT2D eigenvalue weighted by Crippen LogP contribution is -2.25. The van der Waals surface area contributed by atoms with Crippen LogP contribution < -0.4 is 16.2 Å². The number of nitrogens with zero attached hydrogens (tertiary/aromatic N) is 3. The maximum atomic E-state index is 13.8. The van der Waals surface area contributed by atoms with E-state index >= 15 is 0 Å². The summed E-state index contributed by atoms with van der Waals surface area (Å²) in [6.45, 7) is 0.0589. The Morgan fingerprint density at radius 3 is 2.79 bits per heavy atom. The zero-order chi connectivity index (χ0) is 14.0. The minimum atomic E-state index is -0.507. The van der Waals surface area contributed by atoms with Crippen molar-refractivity contribution in [2.45, 2.75) is 6.54 Å². The average molecular weight is 262 g/mol. The van der Waals surface area contributed by atoms with E-state index < -0.39 is 5.82 Å². The first-order valence-electron chi connectivity index (χ1n) is 5.76. The molecule has 0 fully saturated rings. The maximum Gasteiger partial charge on any atom is 0.269 e. The van der Waals surface area contributed by atoms with Gasteiger partial charge >= 0.3 is 0 Å². The summed E-state index contributed by atoms with van der Waals surface area (Å²) in [6, 6.07) is 6.16. The summed E-state index contributed by atoms with van der Waals surface area (Å²) < 4.78 is 14.9. The predicted molar refractivity (Wildman–Crippen MR) is 72.7 cm³/mol. The third-order valence-electron chi connectivity index (χ3n) is 2.80. The lowest BCUT2D eigenvalue weighted by atomic mass is 10.2. The second-order valence-electron chi connectivity index (χ2n) is 4.42. The van der Waals surface area contributed by atoms with Crippen LogP contribution >= 0.6 is 0 Å². The molecular weight excluding hydrogens is 247 g/mol. The number of anilines is 2. The minimum absolute atomic E-state index is 0.0589. The van der Waals surface area contributed by atoms with Gasteiger partial charge in [-0.2, -0.15) is 5.10 Å². The monoisotopic (exact) mass is 262 g/mol. The van der Waals surface area contributed by atoms with E-state index in [1.807, 2.05) is 14.1 Å². The average Bonchev–Trinajstić information content (AvgIpc) is 2.37. The van der Waals surface area contributed by atoms with Crippen LogP contribution in [0, 0.1) is 5.82 Å². The molecule has 0 aliphatic carbocycles. The fraction of sp³-hybridized carbons (Fsp3) is 0.231. The summed E-state index contributed by atoms with van der Waals surface area (Å²) in [4.78, 5) is 13.6. The van der Waals surface area contributed by atoms with Gasteiger partial charge in [-0.05, 0) is 6.07 Å². The van der Waals surface area contributed by atoms with Gasteiger partial charge in [-0.1, -0.05) is 12.1 Å². The van der Waals surface area contributed by atoms with E-state index in [2.05, 4.69) is 5.10 Å². The Labute approximate surface area is 110 Å². The zero-order valence-electron chi connectivity index (χ0n) is 10.8. The second kappa shape index (κ2) is 5.09. The lowest BCUT2D eigenvalue weighted by Gasteiger charge is -2.12. The van der Waals surface area contributed by atoms with Crippen LogP contribution in [0.2, 0.25) is 0 Å². The van der Waals surface area contributed by atoms with Crippen molar-refractivity contribution in [1.29, 1.82) is 0 Å². The Balaban J connectivity index is 2.34. The molecule has 0 unspecified atom stereocenters. The molecule has 0 bridgehead atoms. The highest BCUT2D eigenvalue weighted by Crippen LogP contribution is 2.15. The summed E-state index contributed by atoms with van der Waals surface area (Å²) in [5.41, 5.74) is 6.31. The van der Waals surface area contributed by atoms with E-state index in [1.54, 1.807) is 23.2 Å². The molecule has 19 heavy (non-hydrogen) atoms. The van der Waals surface area contributed by atoms with Gasteiger partial charge in [0.05, 0.1) is 24.1 Å². The molecule has 0 spiro atoms. The van der Waals surface area contributed by atoms with Gasteiger partial charge in [0.1, 0.15) is 0 Å². The van der Waals surface area contributed by atoms with Crippen molar-refractivity contribution in [3.8, 4) is 0 Å². The highest BCUT2D eigenvalue weighted by Gasteiger charge is 2.08. The molecule has 2 N–H and O–H groups in total. The van der Waals surface area contributed by atoms with Crippen molar-refractivity contribution in [2.24, 2.45) is 0 Å². The van der Waals surface area contributed by atoms with Gasteiger partial charge in [0.25, 0.3) is 5.56 Å². The van der Waals surface area contributed by atoms with Gasteiger partial charge in [0.2, 0.25) is 0 Å². The number of benzene rings is 1. The molecule has 0 aliphatic heterocycles. The van der Waals surface area contributed by atoms with Gasteiger partial charge < -0.3 is 10.6 Å². The molecule has 100 valence electrons. The molecular formula is C13H15FN4O. The van der Waals surface area contributed by atoms with E-state index in [4.69, 9.17) is 5.73 Å². The van der Waals surface area contributed by atoms with Gasteiger partial charge in [-0.15, -0.1) is 0 Å². The SMILES string of the molecule is CN(C)c1cnn(Cc2cccc(N)c2F)c(=O)c1. The third-order valence-corrected chi connectivity index (χ3v) is 2.80. The number of rotatable bonds is 3. The van der Waals surface area contributed by atoms with Crippen molar-refractivity contribution in [3.05, 3.63) is 52.2 Å². The second-order valence-corrected chi connectivity index (χ2v) is 4.42. The Morgan fingerprint density at radius 2 is 2.16 bits per heavy atom. The fourth-order valence-corrected chi connectivity index (χ4v) is 1.67. The van der Waals surface area contributed by atoms with Crippen molar-refractivity contribution in [1.82, 2.24) is 9.78 Å². The first-order valence-corrected chi connectivity index (χ1v) is 5.76. The lowest BCUT2D eigenvalue weighted by molar-refractivity contribution is 0.575. The fourth-order valence-electron chi connectivity index (χ4n) is 1.67. The van der Waals surface area contributed by atoms with E-state index in [9.17, 15) is 9.18 Å². The van der Waals surface area contributed by atoms with Crippen LogP contribution in [0.5, 0.6) is 0 Å². The Kier molecular flexibility index (Phi) is 3.50. The molecule has 0 radical (unpaired) electrons.